The van der Waals surface area contributed by atoms with E-state index >= 15 is 0 Å². The molecule has 0 aliphatic heterocycles. The van der Waals surface area contributed by atoms with Crippen molar-refractivity contribution >= 4 is 5.91 Å². The molecule has 72 valence electrons. The van der Waals surface area contributed by atoms with E-state index < -0.39 is 12.3 Å². The number of rotatable bonds is 3. The predicted molar refractivity (Wildman–Crippen MR) is 41.1 cm³/mol. The van der Waals surface area contributed by atoms with Crippen molar-refractivity contribution in [3.05, 3.63) is 18.2 Å². The fraction of sp³-hybridized carbons (Fsp3) is 0.429. The lowest BCUT2D eigenvalue weighted by atomic mass is 10.4. The summed E-state index contributed by atoms with van der Waals surface area (Å²) in [6, 6.07) is 0. The molecule has 0 fully saturated rings. The van der Waals surface area contributed by atoms with Gasteiger partial charge in [0.15, 0.2) is 0 Å². The molecule has 0 saturated carbocycles. The minimum Gasteiger partial charge on any atom is -0.346 e. The van der Waals surface area contributed by atoms with E-state index in [-0.39, 0.29) is 6.54 Å². The number of imidazole rings is 1. The Hall–Kier alpha value is -1.46. The first-order valence-corrected chi connectivity index (χ1v) is 3.62. The maximum absolute atomic E-state index is 11.7. The molecule has 0 aromatic carbocycles. The molecule has 1 rings (SSSR count). The molecule has 0 unspecified atom stereocenters. The van der Waals surface area contributed by atoms with E-state index in [9.17, 15) is 13.6 Å². The number of nitrogens with zero attached hydrogens (tertiary/aromatic N) is 2. The van der Waals surface area contributed by atoms with Crippen LogP contribution in [0.25, 0.3) is 0 Å². The average Bonchev–Trinajstić information content (AvgIpc) is 2.47. The van der Waals surface area contributed by atoms with Crippen LogP contribution in [0.4, 0.5) is 8.78 Å². The number of hydrogen-bond donors (Lipinski definition) is 1. The van der Waals surface area contributed by atoms with Gasteiger partial charge in [-0.2, -0.15) is 8.78 Å². The Bertz CT molecular complexity index is 298. The van der Waals surface area contributed by atoms with Crippen LogP contribution in [-0.4, -0.2) is 21.9 Å². The van der Waals surface area contributed by atoms with Gasteiger partial charge >= 0.3 is 6.43 Å². The SMILES string of the molecule is Cn1cncc1CNC(=O)C(F)F. The van der Waals surface area contributed by atoms with Crippen molar-refractivity contribution in [1.29, 1.82) is 0 Å². The van der Waals surface area contributed by atoms with Gasteiger partial charge in [-0.15, -0.1) is 0 Å². The van der Waals surface area contributed by atoms with E-state index in [2.05, 4.69) is 10.3 Å². The number of aromatic nitrogens is 2. The predicted octanol–water partition coefficient (Wildman–Crippen LogP) is 0.301. The summed E-state index contributed by atoms with van der Waals surface area (Å²) in [7, 11) is 1.72. The Kier molecular flexibility index (Phi) is 2.94. The minimum absolute atomic E-state index is 0.0691. The monoisotopic (exact) mass is 189 g/mol. The maximum atomic E-state index is 11.7. The van der Waals surface area contributed by atoms with Crippen molar-refractivity contribution in [2.45, 2.75) is 13.0 Å². The zero-order chi connectivity index (χ0) is 9.84. The van der Waals surface area contributed by atoms with Gasteiger partial charge in [-0.1, -0.05) is 0 Å². The molecule has 1 aromatic rings. The third kappa shape index (κ3) is 2.50. The molecule has 1 N–H and O–H groups in total. The van der Waals surface area contributed by atoms with Crippen molar-refractivity contribution in [1.82, 2.24) is 14.9 Å². The number of nitrogens with one attached hydrogen (secondary N) is 1. The molecule has 1 amide bonds. The molecule has 0 atom stereocenters. The maximum Gasteiger partial charge on any atom is 0.315 e. The van der Waals surface area contributed by atoms with E-state index in [1.807, 2.05) is 0 Å². The Morgan fingerprint density at radius 1 is 1.77 bits per heavy atom. The molecule has 0 aliphatic carbocycles. The molecule has 0 spiro atoms. The van der Waals surface area contributed by atoms with Gasteiger partial charge in [0.2, 0.25) is 0 Å². The van der Waals surface area contributed by atoms with Crippen LogP contribution in [0.5, 0.6) is 0 Å². The molecule has 0 saturated heterocycles. The molecule has 0 aliphatic rings. The van der Waals surface area contributed by atoms with Crippen LogP contribution in [0.15, 0.2) is 12.5 Å². The van der Waals surface area contributed by atoms with Gasteiger partial charge in [0.1, 0.15) is 0 Å². The van der Waals surface area contributed by atoms with Crippen LogP contribution in [0.3, 0.4) is 0 Å². The molecular weight excluding hydrogens is 180 g/mol. The number of amides is 1. The zero-order valence-corrected chi connectivity index (χ0v) is 7.00. The molecule has 1 aromatic heterocycles. The molecule has 0 bridgehead atoms. The average molecular weight is 189 g/mol. The highest BCUT2D eigenvalue weighted by atomic mass is 19.3. The highest BCUT2D eigenvalue weighted by molar-refractivity contribution is 5.78. The summed E-state index contributed by atoms with van der Waals surface area (Å²) in [5.41, 5.74) is 0.675. The number of halogens is 2. The second-order valence-corrected chi connectivity index (χ2v) is 2.51. The van der Waals surface area contributed by atoms with Crippen molar-refractivity contribution in [3.8, 4) is 0 Å². The summed E-state index contributed by atoms with van der Waals surface area (Å²) in [5.74, 6) is -1.26. The van der Waals surface area contributed by atoms with Crippen molar-refractivity contribution in [2.75, 3.05) is 0 Å². The molecule has 13 heavy (non-hydrogen) atoms. The van der Waals surface area contributed by atoms with Gasteiger partial charge in [0, 0.05) is 13.2 Å². The lowest BCUT2D eigenvalue weighted by Gasteiger charge is -2.03. The van der Waals surface area contributed by atoms with Crippen molar-refractivity contribution < 1.29 is 13.6 Å². The first kappa shape index (κ1) is 9.63. The fourth-order valence-corrected chi connectivity index (χ4v) is 0.810. The largest absolute Gasteiger partial charge is 0.346 e. The van der Waals surface area contributed by atoms with Gasteiger partial charge in [-0.25, -0.2) is 4.98 Å². The van der Waals surface area contributed by atoms with E-state index in [1.165, 1.54) is 12.5 Å². The smallest absolute Gasteiger partial charge is 0.315 e. The third-order valence-corrected chi connectivity index (χ3v) is 1.56. The van der Waals surface area contributed by atoms with E-state index in [1.54, 1.807) is 11.6 Å². The van der Waals surface area contributed by atoms with Crippen molar-refractivity contribution in [3.63, 3.8) is 0 Å². The lowest BCUT2D eigenvalue weighted by molar-refractivity contribution is -0.131. The summed E-state index contributed by atoms with van der Waals surface area (Å²) in [5, 5.41) is 2.08. The molecule has 6 heteroatoms. The Morgan fingerprint density at radius 3 is 2.92 bits per heavy atom. The van der Waals surface area contributed by atoms with Gasteiger partial charge in [0.25, 0.3) is 5.91 Å². The second kappa shape index (κ2) is 3.97. The highest BCUT2D eigenvalue weighted by Crippen LogP contribution is 1.97. The van der Waals surface area contributed by atoms with Gasteiger partial charge in [-0.3, -0.25) is 4.79 Å². The van der Waals surface area contributed by atoms with Crippen LogP contribution in [0, 0.1) is 0 Å². The Morgan fingerprint density at radius 2 is 2.46 bits per heavy atom. The lowest BCUT2D eigenvalue weighted by Crippen LogP contribution is -2.29. The van der Waals surface area contributed by atoms with E-state index in [0.29, 0.717) is 5.69 Å². The topological polar surface area (TPSA) is 46.9 Å². The number of hydrogen-bond acceptors (Lipinski definition) is 2. The summed E-state index contributed by atoms with van der Waals surface area (Å²) < 4.78 is 25.1. The molecule has 1 heterocycles. The fourth-order valence-electron chi connectivity index (χ4n) is 0.810. The first-order valence-electron chi connectivity index (χ1n) is 3.62. The third-order valence-electron chi connectivity index (χ3n) is 1.56. The standard InChI is InChI=1S/C7H9F2N3O/c1-12-4-10-2-5(12)3-11-7(13)6(8)9/h2,4,6H,3H2,1H3,(H,11,13). The van der Waals surface area contributed by atoms with Gasteiger partial charge in [-0.05, 0) is 0 Å². The number of alkyl halides is 2. The van der Waals surface area contributed by atoms with Crippen LogP contribution < -0.4 is 5.32 Å². The normalized spacial score (nSPS) is 10.5. The second-order valence-electron chi connectivity index (χ2n) is 2.51. The molecule has 4 nitrogen and oxygen atoms in total. The van der Waals surface area contributed by atoms with Crippen LogP contribution in [0.2, 0.25) is 0 Å². The summed E-state index contributed by atoms with van der Waals surface area (Å²) in [4.78, 5) is 14.2. The van der Waals surface area contributed by atoms with Gasteiger partial charge < -0.3 is 9.88 Å². The van der Waals surface area contributed by atoms with Crippen molar-refractivity contribution in [2.24, 2.45) is 7.05 Å². The summed E-state index contributed by atoms with van der Waals surface area (Å²) >= 11 is 0. The Labute approximate surface area is 73.6 Å². The highest BCUT2D eigenvalue weighted by Gasteiger charge is 2.14. The van der Waals surface area contributed by atoms with E-state index in [0.717, 1.165) is 0 Å². The van der Waals surface area contributed by atoms with Gasteiger partial charge in [0.05, 0.1) is 18.6 Å². The first-order chi connectivity index (χ1) is 6.11. The van der Waals surface area contributed by atoms with Crippen LogP contribution in [0.1, 0.15) is 5.69 Å². The van der Waals surface area contributed by atoms with Crippen LogP contribution in [-0.2, 0) is 18.4 Å². The minimum atomic E-state index is -2.96. The van der Waals surface area contributed by atoms with E-state index in [4.69, 9.17) is 0 Å². The number of aryl methyl sites for hydroxylation is 1. The number of carbonyl (C=O) groups is 1. The number of carbonyl (C=O) groups excluding carboxylic acids is 1. The summed E-state index contributed by atoms with van der Waals surface area (Å²) in [6.45, 7) is 0.0691. The molecule has 0 radical (unpaired) electrons. The van der Waals surface area contributed by atoms with Crippen LogP contribution >= 0.6 is 0 Å². The molecular formula is C7H9F2N3O. The zero-order valence-electron chi connectivity index (χ0n) is 7.00. The quantitative estimate of drug-likeness (QED) is 0.743. The Balaban J connectivity index is 2.44. The summed E-state index contributed by atoms with van der Waals surface area (Å²) in [6.07, 6.45) is 0.0727.